The third-order valence-electron chi connectivity index (χ3n) is 4.49. The van der Waals surface area contributed by atoms with E-state index in [2.05, 4.69) is 15.4 Å². The highest BCUT2D eigenvalue weighted by molar-refractivity contribution is 7.84. The van der Waals surface area contributed by atoms with Gasteiger partial charge in [-0.2, -0.15) is 5.10 Å². The molecule has 3 aromatic heterocycles. The molecule has 4 aromatic rings. The van der Waals surface area contributed by atoms with Gasteiger partial charge < -0.3 is 9.88 Å². The number of aromatic nitrogens is 4. The van der Waals surface area contributed by atoms with Gasteiger partial charge in [0.1, 0.15) is 11.6 Å². The van der Waals surface area contributed by atoms with Crippen molar-refractivity contribution in [3.63, 3.8) is 0 Å². The Bertz CT molecular complexity index is 1130. The number of rotatable bonds is 8. The highest BCUT2D eigenvalue weighted by Gasteiger charge is 2.17. The maximum absolute atomic E-state index is 12.7. The molecule has 1 atom stereocenters. The lowest BCUT2D eigenvalue weighted by molar-refractivity contribution is -0.118. The van der Waals surface area contributed by atoms with Crippen LogP contribution in [0, 0.1) is 0 Å². The largest absolute Gasteiger partial charge is 0.351 e. The first-order valence-corrected chi connectivity index (χ1v) is 11.0. The summed E-state index contributed by atoms with van der Waals surface area (Å²) in [4.78, 5) is 16.2. The molecule has 1 aromatic carbocycles. The van der Waals surface area contributed by atoms with E-state index in [0.29, 0.717) is 6.54 Å². The van der Waals surface area contributed by atoms with Crippen molar-refractivity contribution in [3.8, 4) is 11.5 Å². The first kappa shape index (κ1) is 19.8. The topological polar surface area (TPSA) is 81.8 Å². The molecule has 0 saturated carbocycles. The van der Waals surface area contributed by atoms with Crippen molar-refractivity contribution >= 4 is 16.7 Å². The van der Waals surface area contributed by atoms with E-state index in [1.54, 1.807) is 18.6 Å². The molecule has 1 amide bonds. The van der Waals surface area contributed by atoms with Gasteiger partial charge >= 0.3 is 0 Å². The quantitative estimate of drug-likeness (QED) is 0.476. The maximum Gasteiger partial charge on any atom is 0.232 e. The Labute approximate surface area is 176 Å². The Balaban J connectivity index is 1.47. The standard InChI is InChI=1S/C22H21N5O2S/c28-21(24-14-18-7-6-10-23-13-18)17-30(29)16-19-15-25-27(20-8-2-1-3-9-20)22(19)26-11-4-5-12-26/h1-13,15H,14,16-17H2,(H,24,28). The zero-order valence-corrected chi connectivity index (χ0v) is 17.0. The number of para-hydroxylation sites is 1. The predicted octanol–water partition coefficient (Wildman–Crippen LogP) is 2.62. The van der Waals surface area contributed by atoms with Gasteiger partial charge in [-0.15, -0.1) is 0 Å². The van der Waals surface area contributed by atoms with Gasteiger partial charge in [-0.3, -0.25) is 14.0 Å². The van der Waals surface area contributed by atoms with E-state index in [0.717, 1.165) is 22.6 Å². The molecule has 1 unspecified atom stereocenters. The second-order valence-electron chi connectivity index (χ2n) is 6.70. The molecule has 4 rings (SSSR count). The van der Waals surface area contributed by atoms with Crippen LogP contribution in [0.5, 0.6) is 0 Å². The van der Waals surface area contributed by atoms with E-state index in [4.69, 9.17) is 0 Å². The fourth-order valence-corrected chi connectivity index (χ4v) is 4.16. The van der Waals surface area contributed by atoms with Gasteiger partial charge in [0.2, 0.25) is 5.91 Å². The summed E-state index contributed by atoms with van der Waals surface area (Å²) in [6, 6.07) is 17.3. The fourth-order valence-electron chi connectivity index (χ4n) is 3.11. The lowest BCUT2D eigenvalue weighted by Gasteiger charge is -2.11. The number of benzene rings is 1. The van der Waals surface area contributed by atoms with Crippen LogP contribution >= 0.6 is 0 Å². The van der Waals surface area contributed by atoms with Crippen LogP contribution in [-0.2, 0) is 27.9 Å². The van der Waals surface area contributed by atoms with Crippen molar-refractivity contribution in [2.45, 2.75) is 12.3 Å². The van der Waals surface area contributed by atoms with Gasteiger partial charge in [-0.05, 0) is 35.9 Å². The van der Waals surface area contributed by atoms with Gasteiger partial charge in [0.15, 0.2) is 0 Å². The number of hydrogen-bond donors (Lipinski definition) is 1. The van der Waals surface area contributed by atoms with Crippen molar-refractivity contribution in [2.24, 2.45) is 0 Å². The molecule has 30 heavy (non-hydrogen) atoms. The summed E-state index contributed by atoms with van der Waals surface area (Å²) in [7, 11) is -1.37. The van der Waals surface area contributed by atoms with Crippen molar-refractivity contribution in [3.05, 3.63) is 96.7 Å². The number of hydrogen-bond acceptors (Lipinski definition) is 4. The normalized spacial score (nSPS) is 11.9. The van der Waals surface area contributed by atoms with Crippen molar-refractivity contribution in [1.82, 2.24) is 24.6 Å². The van der Waals surface area contributed by atoms with Crippen LogP contribution in [0.1, 0.15) is 11.1 Å². The summed E-state index contributed by atoms with van der Waals surface area (Å²) in [5.74, 6) is 0.730. The zero-order valence-electron chi connectivity index (χ0n) is 16.2. The van der Waals surface area contributed by atoms with E-state index >= 15 is 0 Å². The summed E-state index contributed by atoms with van der Waals surface area (Å²) >= 11 is 0. The van der Waals surface area contributed by atoms with E-state index in [-0.39, 0.29) is 17.4 Å². The molecule has 0 aliphatic rings. The van der Waals surface area contributed by atoms with Gasteiger partial charge in [0, 0.05) is 47.7 Å². The second-order valence-corrected chi connectivity index (χ2v) is 8.15. The lowest BCUT2D eigenvalue weighted by Crippen LogP contribution is -2.28. The summed E-state index contributed by atoms with van der Waals surface area (Å²) in [6.45, 7) is 0.366. The van der Waals surface area contributed by atoms with E-state index in [1.165, 1.54) is 0 Å². The van der Waals surface area contributed by atoms with Crippen molar-refractivity contribution in [2.75, 3.05) is 5.75 Å². The molecule has 0 bridgehead atoms. The van der Waals surface area contributed by atoms with Crippen LogP contribution in [0.3, 0.4) is 0 Å². The zero-order chi connectivity index (χ0) is 20.8. The van der Waals surface area contributed by atoms with E-state index in [1.807, 2.05) is 76.2 Å². The number of carbonyl (C=O) groups is 1. The highest BCUT2D eigenvalue weighted by Crippen LogP contribution is 2.21. The predicted molar refractivity (Wildman–Crippen MR) is 116 cm³/mol. The molecule has 1 N–H and O–H groups in total. The Morgan fingerprint density at radius 2 is 1.80 bits per heavy atom. The Morgan fingerprint density at radius 1 is 1.00 bits per heavy atom. The van der Waals surface area contributed by atoms with Crippen molar-refractivity contribution in [1.29, 1.82) is 0 Å². The molecule has 0 spiro atoms. The smallest absolute Gasteiger partial charge is 0.232 e. The minimum absolute atomic E-state index is 0.0676. The van der Waals surface area contributed by atoms with Gasteiger partial charge in [-0.1, -0.05) is 24.3 Å². The Hall–Kier alpha value is -3.52. The molecular formula is C22H21N5O2S. The summed E-state index contributed by atoms with van der Waals surface area (Å²) in [5.41, 5.74) is 2.62. The first-order chi connectivity index (χ1) is 14.7. The molecular weight excluding hydrogens is 398 g/mol. The van der Waals surface area contributed by atoms with Crippen LogP contribution in [0.2, 0.25) is 0 Å². The molecule has 7 nitrogen and oxygen atoms in total. The van der Waals surface area contributed by atoms with Crippen LogP contribution in [-0.4, -0.2) is 35.2 Å². The molecule has 152 valence electrons. The lowest BCUT2D eigenvalue weighted by atomic mass is 10.3. The Morgan fingerprint density at radius 3 is 2.53 bits per heavy atom. The van der Waals surface area contributed by atoms with Crippen LogP contribution in [0.25, 0.3) is 11.5 Å². The molecule has 0 fully saturated rings. The van der Waals surface area contributed by atoms with Gasteiger partial charge in [0.25, 0.3) is 0 Å². The maximum atomic E-state index is 12.7. The van der Waals surface area contributed by atoms with Crippen LogP contribution in [0.4, 0.5) is 0 Å². The molecule has 0 saturated heterocycles. The molecule has 8 heteroatoms. The highest BCUT2D eigenvalue weighted by atomic mass is 32.2. The second kappa shape index (κ2) is 9.32. The Kier molecular flexibility index (Phi) is 6.14. The average Bonchev–Trinajstić information content (AvgIpc) is 3.43. The molecule has 0 aliphatic carbocycles. The third kappa shape index (κ3) is 4.72. The number of carbonyl (C=O) groups excluding carboxylic acids is 1. The minimum atomic E-state index is -1.37. The monoisotopic (exact) mass is 419 g/mol. The third-order valence-corrected chi connectivity index (χ3v) is 5.70. The summed E-state index contributed by atoms with van der Waals surface area (Å²) in [6.07, 6.45) is 8.93. The van der Waals surface area contributed by atoms with Crippen molar-refractivity contribution < 1.29 is 9.00 Å². The minimum Gasteiger partial charge on any atom is -0.351 e. The first-order valence-electron chi connectivity index (χ1n) is 9.47. The summed E-state index contributed by atoms with van der Waals surface area (Å²) in [5, 5.41) is 7.30. The molecule has 0 aliphatic heterocycles. The van der Waals surface area contributed by atoms with Crippen LogP contribution < -0.4 is 5.32 Å². The SMILES string of the molecule is O=C(CS(=O)Cc1cnn(-c2ccccc2)c1-n1cccc1)NCc1cccnc1. The molecule has 0 radical (unpaired) electrons. The van der Waals surface area contributed by atoms with Crippen LogP contribution in [0.15, 0.2) is 85.6 Å². The fraction of sp³-hybridized carbons (Fsp3) is 0.136. The number of amides is 1. The van der Waals surface area contributed by atoms with Gasteiger partial charge in [-0.25, -0.2) is 4.68 Å². The van der Waals surface area contributed by atoms with E-state index in [9.17, 15) is 9.00 Å². The number of nitrogens with one attached hydrogen (secondary N) is 1. The molecule has 3 heterocycles. The van der Waals surface area contributed by atoms with Gasteiger partial charge in [0.05, 0.1) is 17.6 Å². The number of nitrogens with zero attached hydrogens (tertiary/aromatic N) is 4. The average molecular weight is 420 g/mol. The summed E-state index contributed by atoms with van der Waals surface area (Å²) < 4.78 is 16.4. The van der Waals surface area contributed by atoms with E-state index < -0.39 is 10.8 Å². The number of pyridine rings is 1.